The van der Waals surface area contributed by atoms with Gasteiger partial charge in [0.2, 0.25) is 5.82 Å². The van der Waals surface area contributed by atoms with Crippen LogP contribution in [0.2, 0.25) is 0 Å². The number of hydrogen-bond acceptors (Lipinski definition) is 5. The van der Waals surface area contributed by atoms with Gasteiger partial charge in [-0.2, -0.15) is 17.8 Å². The van der Waals surface area contributed by atoms with Gasteiger partial charge in [-0.1, -0.05) is 24.3 Å². The molecule has 3 aromatic rings. The van der Waals surface area contributed by atoms with E-state index in [0.29, 0.717) is 23.9 Å². The molecule has 0 spiro atoms. The summed E-state index contributed by atoms with van der Waals surface area (Å²) < 4.78 is 42.5. The van der Waals surface area contributed by atoms with Crippen molar-refractivity contribution < 1.29 is 22.8 Å². The normalized spacial score (nSPS) is 24.3. The number of carbonyl (C=O) groups excluding carboxylic acids is 2. The summed E-state index contributed by atoms with van der Waals surface area (Å²) in [5.41, 5.74) is -0.272. The van der Waals surface area contributed by atoms with Gasteiger partial charge in [0.05, 0.1) is 40.2 Å². The van der Waals surface area contributed by atoms with Crippen LogP contribution in [0.5, 0.6) is 0 Å². The third-order valence-corrected chi connectivity index (χ3v) is 6.74. The molecule has 3 atom stereocenters. The lowest BCUT2D eigenvalue weighted by atomic mass is 9.94. The minimum absolute atomic E-state index is 0.0344. The zero-order chi connectivity index (χ0) is 23.1. The Balaban J connectivity index is 1.45. The van der Waals surface area contributed by atoms with Crippen LogP contribution in [-0.2, 0) is 6.18 Å². The van der Waals surface area contributed by atoms with Crippen molar-refractivity contribution in [3.63, 3.8) is 0 Å². The third kappa shape index (κ3) is 2.76. The average molecular weight is 454 g/mol. The maximum Gasteiger partial charge on any atom is 0.451 e. The summed E-state index contributed by atoms with van der Waals surface area (Å²) in [6.45, 7) is 0. The molecule has 1 saturated carbocycles. The number of aromatic nitrogens is 2. The number of fused-ring (bicyclic) bond motifs is 3. The largest absolute Gasteiger partial charge is 0.451 e. The predicted molar refractivity (Wildman–Crippen MR) is 111 cm³/mol. The first-order valence-corrected chi connectivity index (χ1v) is 10.6. The summed E-state index contributed by atoms with van der Waals surface area (Å²) in [6, 6.07) is 10.8. The molecule has 0 N–H and O–H groups in total. The molecule has 2 aromatic carbocycles. The Morgan fingerprint density at radius 3 is 2.12 bits per heavy atom. The van der Waals surface area contributed by atoms with Gasteiger partial charge in [0.15, 0.2) is 0 Å². The molecule has 3 aliphatic rings. The smallest absolute Gasteiger partial charge is 0.296 e. The van der Waals surface area contributed by atoms with Gasteiger partial charge >= 0.3 is 6.18 Å². The van der Waals surface area contributed by atoms with Crippen molar-refractivity contribution in [2.24, 2.45) is 0 Å². The van der Waals surface area contributed by atoms with Gasteiger partial charge in [-0.3, -0.25) is 24.3 Å². The summed E-state index contributed by atoms with van der Waals surface area (Å²) in [4.78, 5) is 44.1. The molecule has 1 saturated heterocycles. The molecule has 168 valence electrons. The van der Waals surface area contributed by atoms with Gasteiger partial charge in [0, 0.05) is 0 Å². The van der Waals surface area contributed by atoms with E-state index in [4.69, 9.17) is 0 Å². The molecular formula is C23H17F3N4O3. The topological polar surface area (TPSA) is 75.3 Å². The Kier molecular flexibility index (Phi) is 4.03. The highest BCUT2D eigenvalue weighted by molar-refractivity contribution is 6.21. The summed E-state index contributed by atoms with van der Waals surface area (Å²) in [6.07, 6.45) is -3.23. The lowest BCUT2D eigenvalue weighted by molar-refractivity contribution is -0.147. The molecule has 7 nitrogen and oxygen atoms in total. The van der Waals surface area contributed by atoms with E-state index >= 15 is 0 Å². The Labute approximate surface area is 185 Å². The van der Waals surface area contributed by atoms with Crippen LogP contribution >= 0.6 is 0 Å². The lowest BCUT2D eigenvalue weighted by Crippen LogP contribution is -2.47. The van der Waals surface area contributed by atoms with Crippen molar-refractivity contribution in [1.29, 1.82) is 0 Å². The Hall–Kier alpha value is -3.69. The van der Waals surface area contributed by atoms with Crippen LogP contribution in [0.1, 0.15) is 45.8 Å². The second-order valence-corrected chi connectivity index (χ2v) is 8.53. The predicted octanol–water partition coefficient (Wildman–Crippen LogP) is 2.95. The fourth-order valence-corrected chi connectivity index (χ4v) is 5.32. The monoisotopic (exact) mass is 454 g/mol. The maximum absolute atomic E-state index is 14.0. The van der Waals surface area contributed by atoms with E-state index in [2.05, 4.69) is 4.98 Å². The molecule has 2 fully saturated rings. The van der Waals surface area contributed by atoms with Crippen molar-refractivity contribution in [2.75, 3.05) is 5.01 Å². The van der Waals surface area contributed by atoms with Crippen molar-refractivity contribution in [2.45, 2.75) is 43.6 Å². The molecule has 1 aromatic heterocycles. The first kappa shape index (κ1) is 20.0. The van der Waals surface area contributed by atoms with E-state index in [1.54, 1.807) is 30.3 Å². The highest BCUT2D eigenvalue weighted by Crippen LogP contribution is 2.44. The number of hydrogen-bond donors (Lipinski definition) is 0. The molecule has 1 aliphatic carbocycles. The fraction of sp³-hybridized carbons (Fsp3) is 0.304. The number of imide groups is 1. The van der Waals surface area contributed by atoms with Crippen molar-refractivity contribution in [3.8, 4) is 0 Å². The van der Waals surface area contributed by atoms with Crippen LogP contribution < -0.4 is 10.6 Å². The van der Waals surface area contributed by atoms with Crippen molar-refractivity contribution >= 4 is 22.7 Å². The zero-order valence-electron chi connectivity index (χ0n) is 17.1. The standard InChI is InChI=1S/C23H17F3N4O3/c24-23(25,26)22-27-15-9-4-3-8-14(15)21(33)30(22)29-17-11-5-10-16(18(17)29)28-19(31)12-6-1-2-7-13(12)20(28)32/h1-4,6-9,16-18H,5,10-11H2/t16-,17-,18+,29?/m1/s1. The minimum Gasteiger partial charge on any atom is -0.296 e. The number of carbonyl (C=O) groups is 2. The van der Waals surface area contributed by atoms with Gasteiger partial charge in [-0.05, 0) is 43.5 Å². The van der Waals surface area contributed by atoms with Crippen LogP contribution in [-0.4, -0.2) is 44.5 Å². The molecule has 0 unspecified atom stereocenters. The van der Waals surface area contributed by atoms with Crippen LogP contribution in [0.3, 0.4) is 0 Å². The molecule has 33 heavy (non-hydrogen) atoms. The number of alkyl halides is 3. The van der Waals surface area contributed by atoms with Crippen molar-refractivity contribution in [3.05, 3.63) is 75.8 Å². The summed E-state index contributed by atoms with van der Waals surface area (Å²) >= 11 is 0. The van der Waals surface area contributed by atoms with Gasteiger partial charge in [0.25, 0.3) is 17.4 Å². The number of benzene rings is 2. The number of amides is 2. The number of para-hydroxylation sites is 1. The Morgan fingerprint density at radius 2 is 1.45 bits per heavy atom. The van der Waals surface area contributed by atoms with Gasteiger partial charge < -0.3 is 0 Å². The van der Waals surface area contributed by atoms with E-state index in [-0.39, 0.29) is 22.0 Å². The average Bonchev–Trinajstić information content (AvgIpc) is 3.47. The van der Waals surface area contributed by atoms with E-state index in [9.17, 15) is 27.6 Å². The Morgan fingerprint density at radius 1 is 0.848 bits per heavy atom. The molecule has 2 aliphatic heterocycles. The van der Waals surface area contributed by atoms with E-state index in [1.165, 1.54) is 23.2 Å². The highest BCUT2D eigenvalue weighted by Gasteiger charge is 2.60. The van der Waals surface area contributed by atoms with E-state index in [0.717, 1.165) is 4.90 Å². The molecule has 10 heteroatoms. The lowest BCUT2D eigenvalue weighted by Gasteiger charge is -2.28. The first-order valence-electron chi connectivity index (χ1n) is 10.6. The minimum atomic E-state index is -4.86. The van der Waals surface area contributed by atoms with Gasteiger partial charge in [-0.25, -0.2) is 4.98 Å². The maximum atomic E-state index is 14.0. The highest BCUT2D eigenvalue weighted by atomic mass is 19.4. The second kappa shape index (κ2) is 6.66. The van der Waals surface area contributed by atoms with E-state index in [1.807, 2.05) is 0 Å². The number of nitrogens with zero attached hydrogens (tertiary/aromatic N) is 4. The molecule has 3 heterocycles. The van der Waals surface area contributed by atoms with Crippen LogP contribution in [0.4, 0.5) is 13.2 Å². The first-order chi connectivity index (χ1) is 15.8. The summed E-state index contributed by atoms with van der Waals surface area (Å²) in [7, 11) is 0. The zero-order valence-corrected chi connectivity index (χ0v) is 17.1. The summed E-state index contributed by atoms with van der Waals surface area (Å²) in [5.74, 6) is -2.21. The Bertz CT molecular complexity index is 1360. The van der Waals surface area contributed by atoms with Crippen molar-refractivity contribution in [1.82, 2.24) is 14.6 Å². The molecule has 0 bridgehead atoms. The number of rotatable bonds is 2. The van der Waals surface area contributed by atoms with Crippen LogP contribution in [0, 0.1) is 0 Å². The fourth-order valence-electron chi connectivity index (χ4n) is 5.32. The molecule has 2 amide bonds. The van der Waals surface area contributed by atoms with Crippen LogP contribution in [0.15, 0.2) is 53.3 Å². The molecule has 0 radical (unpaired) electrons. The SMILES string of the molecule is O=C1c2ccccc2C(=O)N1[C@@H]1CCC[C@@H]2[C@H]1N2n1c(C(F)(F)F)nc2ccccc2c1=O. The van der Waals surface area contributed by atoms with Gasteiger partial charge in [-0.15, -0.1) is 0 Å². The molecular weight excluding hydrogens is 437 g/mol. The summed E-state index contributed by atoms with van der Waals surface area (Å²) in [5, 5.41) is 1.43. The van der Waals surface area contributed by atoms with Crippen LogP contribution in [0.25, 0.3) is 10.9 Å². The third-order valence-electron chi connectivity index (χ3n) is 6.74. The second-order valence-electron chi connectivity index (χ2n) is 8.53. The quantitative estimate of drug-likeness (QED) is 0.440. The van der Waals surface area contributed by atoms with E-state index < -0.39 is 47.5 Å². The number of halogens is 3. The van der Waals surface area contributed by atoms with Gasteiger partial charge in [0.1, 0.15) is 0 Å². The molecule has 6 rings (SSSR count).